The van der Waals surface area contributed by atoms with Crippen LogP contribution in [0.5, 0.6) is 5.75 Å². The maximum atomic E-state index is 12.6. The minimum atomic E-state index is -0.664. The quantitative estimate of drug-likeness (QED) is 0.869. The fourth-order valence-electron chi connectivity index (χ4n) is 3.29. The molecule has 1 N–H and O–H groups in total. The van der Waals surface area contributed by atoms with Gasteiger partial charge >= 0.3 is 6.03 Å². The smallest absolute Gasteiger partial charge is 0.325 e. The van der Waals surface area contributed by atoms with E-state index in [1.807, 2.05) is 61.5 Å². The summed E-state index contributed by atoms with van der Waals surface area (Å²) in [6.45, 7) is 1.97. The molecule has 0 aliphatic carbocycles. The molecule has 106 valence electrons. The lowest BCUT2D eigenvalue weighted by atomic mass is 9.90. The van der Waals surface area contributed by atoms with E-state index in [0.29, 0.717) is 0 Å². The van der Waals surface area contributed by atoms with Gasteiger partial charge in [0.25, 0.3) is 0 Å². The maximum Gasteiger partial charge on any atom is 0.325 e. The van der Waals surface area contributed by atoms with Gasteiger partial charge in [-0.25, -0.2) is 4.79 Å². The lowest BCUT2D eigenvalue weighted by molar-refractivity contribution is 0.0379. The zero-order valence-corrected chi connectivity index (χ0v) is 11.7. The van der Waals surface area contributed by atoms with E-state index in [9.17, 15) is 4.79 Å². The molecule has 4 nitrogen and oxygen atoms in total. The molecule has 21 heavy (non-hydrogen) atoms. The number of fused-ring (bicyclic) bond motifs is 4. The summed E-state index contributed by atoms with van der Waals surface area (Å²) >= 11 is 0. The molecule has 2 aliphatic rings. The van der Waals surface area contributed by atoms with Gasteiger partial charge in [0.05, 0.1) is 6.04 Å². The third-order valence-corrected chi connectivity index (χ3v) is 4.20. The van der Waals surface area contributed by atoms with Crippen molar-refractivity contribution in [3.63, 3.8) is 0 Å². The normalized spacial score (nSPS) is 26.6. The molecule has 0 aromatic heterocycles. The third-order valence-electron chi connectivity index (χ3n) is 4.20. The second-order valence-corrected chi connectivity index (χ2v) is 5.69. The van der Waals surface area contributed by atoms with Gasteiger partial charge in [-0.2, -0.15) is 0 Å². The Bertz CT molecular complexity index is 701. The fraction of sp³-hybridized carbons (Fsp3) is 0.235. The molecular weight excluding hydrogens is 264 g/mol. The van der Waals surface area contributed by atoms with E-state index in [2.05, 4.69) is 5.32 Å². The molecule has 4 heteroatoms. The van der Waals surface area contributed by atoms with Crippen molar-refractivity contribution in [1.29, 1.82) is 0 Å². The largest absolute Gasteiger partial charge is 0.467 e. The minimum absolute atomic E-state index is 0.00686. The van der Waals surface area contributed by atoms with Crippen molar-refractivity contribution in [2.24, 2.45) is 0 Å². The highest BCUT2D eigenvalue weighted by Gasteiger charge is 2.49. The Balaban J connectivity index is 1.82. The lowest BCUT2D eigenvalue weighted by Gasteiger charge is -2.50. The Morgan fingerprint density at radius 1 is 1.14 bits per heavy atom. The van der Waals surface area contributed by atoms with Crippen LogP contribution in [0.25, 0.3) is 0 Å². The van der Waals surface area contributed by atoms with Gasteiger partial charge in [0.2, 0.25) is 0 Å². The van der Waals surface area contributed by atoms with Crippen LogP contribution in [0.3, 0.4) is 0 Å². The fourth-order valence-corrected chi connectivity index (χ4v) is 3.29. The van der Waals surface area contributed by atoms with Crippen LogP contribution in [0.2, 0.25) is 0 Å². The average molecular weight is 280 g/mol. The van der Waals surface area contributed by atoms with Gasteiger partial charge < -0.3 is 10.1 Å². The number of anilines is 1. The minimum Gasteiger partial charge on any atom is -0.467 e. The van der Waals surface area contributed by atoms with Gasteiger partial charge in [-0.3, -0.25) is 4.90 Å². The third kappa shape index (κ3) is 1.79. The standard InChI is InChI=1S/C17H16N2O2/c1-17-11-14(13-9-5-6-10-15(13)21-17)18-16(20)19(17)12-7-3-2-4-8-12/h2-10,14H,11H2,1H3,(H,18,20)/t14-,17+/m0/s1. The molecule has 2 heterocycles. The highest BCUT2D eigenvalue weighted by atomic mass is 16.5. The SMILES string of the molecule is C[C@@]12C[C@H](NC(=O)N1c1ccccc1)c1ccccc1O2. The van der Waals surface area contributed by atoms with E-state index in [1.54, 1.807) is 4.90 Å². The number of urea groups is 1. The van der Waals surface area contributed by atoms with Crippen molar-refractivity contribution < 1.29 is 9.53 Å². The Morgan fingerprint density at radius 3 is 2.67 bits per heavy atom. The van der Waals surface area contributed by atoms with Gasteiger partial charge in [0.1, 0.15) is 5.75 Å². The molecule has 0 radical (unpaired) electrons. The van der Waals surface area contributed by atoms with Crippen molar-refractivity contribution in [3.05, 3.63) is 60.2 Å². The molecule has 2 aliphatic heterocycles. The summed E-state index contributed by atoms with van der Waals surface area (Å²) in [4.78, 5) is 14.3. The van der Waals surface area contributed by atoms with Crippen LogP contribution in [-0.4, -0.2) is 11.8 Å². The number of rotatable bonds is 1. The predicted octanol–water partition coefficient (Wildman–Crippen LogP) is 3.46. The number of hydrogen-bond acceptors (Lipinski definition) is 2. The van der Waals surface area contributed by atoms with Crippen LogP contribution < -0.4 is 15.0 Å². The number of hydrogen-bond donors (Lipinski definition) is 1. The Hall–Kier alpha value is -2.49. The monoisotopic (exact) mass is 280 g/mol. The molecule has 2 aromatic carbocycles. The van der Waals surface area contributed by atoms with Crippen molar-refractivity contribution >= 4 is 11.7 Å². The first-order chi connectivity index (χ1) is 10.2. The van der Waals surface area contributed by atoms with Gasteiger partial charge in [0, 0.05) is 17.7 Å². The first kappa shape index (κ1) is 12.3. The number of carbonyl (C=O) groups excluding carboxylic acids is 1. The maximum absolute atomic E-state index is 12.6. The molecule has 2 bridgehead atoms. The first-order valence-corrected chi connectivity index (χ1v) is 7.11. The van der Waals surface area contributed by atoms with Crippen LogP contribution in [0.15, 0.2) is 54.6 Å². The second kappa shape index (κ2) is 4.25. The van der Waals surface area contributed by atoms with E-state index in [4.69, 9.17) is 4.74 Å². The first-order valence-electron chi connectivity index (χ1n) is 7.11. The number of ether oxygens (including phenoxy) is 1. The van der Waals surface area contributed by atoms with Gasteiger partial charge in [0.15, 0.2) is 5.72 Å². The summed E-state index contributed by atoms with van der Waals surface area (Å²) < 4.78 is 6.19. The van der Waals surface area contributed by atoms with Crippen LogP contribution in [0, 0.1) is 0 Å². The summed E-state index contributed by atoms with van der Waals surface area (Å²) in [5, 5.41) is 3.08. The van der Waals surface area contributed by atoms with Crippen molar-refractivity contribution in [3.8, 4) is 5.75 Å². The molecule has 2 amide bonds. The highest BCUT2D eigenvalue weighted by molar-refractivity contribution is 5.94. The zero-order valence-electron chi connectivity index (χ0n) is 11.7. The summed E-state index contributed by atoms with van der Waals surface area (Å²) in [6, 6.07) is 17.4. The van der Waals surface area contributed by atoms with E-state index >= 15 is 0 Å². The summed E-state index contributed by atoms with van der Waals surface area (Å²) in [7, 11) is 0. The molecule has 2 aromatic rings. The highest BCUT2D eigenvalue weighted by Crippen LogP contribution is 2.45. The predicted molar refractivity (Wildman–Crippen MR) is 80.3 cm³/mol. The van der Waals surface area contributed by atoms with E-state index in [0.717, 1.165) is 23.4 Å². The number of amides is 2. The topological polar surface area (TPSA) is 41.6 Å². The Morgan fingerprint density at radius 2 is 1.86 bits per heavy atom. The molecule has 2 atom stereocenters. The van der Waals surface area contributed by atoms with Crippen LogP contribution >= 0.6 is 0 Å². The summed E-state index contributed by atoms with van der Waals surface area (Å²) in [6.07, 6.45) is 0.727. The molecule has 0 saturated carbocycles. The number of carbonyl (C=O) groups is 1. The molecule has 0 spiro atoms. The molecule has 1 saturated heterocycles. The van der Waals surface area contributed by atoms with Crippen LogP contribution in [-0.2, 0) is 0 Å². The number of benzene rings is 2. The van der Waals surface area contributed by atoms with E-state index < -0.39 is 5.72 Å². The van der Waals surface area contributed by atoms with Crippen molar-refractivity contribution in [1.82, 2.24) is 5.32 Å². The zero-order chi connectivity index (χ0) is 14.4. The summed E-state index contributed by atoms with van der Waals surface area (Å²) in [5.41, 5.74) is 1.23. The lowest BCUT2D eigenvalue weighted by Crippen LogP contribution is -2.65. The van der Waals surface area contributed by atoms with Gasteiger partial charge in [-0.15, -0.1) is 0 Å². The van der Waals surface area contributed by atoms with E-state index in [-0.39, 0.29) is 12.1 Å². The number of nitrogens with one attached hydrogen (secondary N) is 1. The van der Waals surface area contributed by atoms with E-state index in [1.165, 1.54) is 0 Å². The second-order valence-electron chi connectivity index (χ2n) is 5.69. The number of para-hydroxylation sites is 2. The number of nitrogens with zero attached hydrogens (tertiary/aromatic N) is 1. The molecule has 0 unspecified atom stereocenters. The van der Waals surface area contributed by atoms with Gasteiger partial charge in [-0.1, -0.05) is 36.4 Å². The molecular formula is C17H16N2O2. The molecule has 4 rings (SSSR count). The Kier molecular flexibility index (Phi) is 2.48. The average Bonchev–Trinajstić information content (AvgIpc) is 2.47. The van der Waals surface area contributed by atoms with Crippen LogP contribution in [0.1, 0.15) is 24.9 Å². The van der Waals surface area contributed by atoms with Crippen LogP contribution in [0.4, 0.5) is 10.5 Å². The van der Waals surface area contributed by atoms with Crippen molar-refractivity contribution in [2.75, 3.05) is 4.90 Å². The summed E-state index contributed by atoms with van der Waals surface area (Å²) in [5.74, 6) is 0.845. The van der Waals surface area contributed by atoms with Gasteiger partial charge in [-0.05, 0) is 25.1 Å². The Labute approximate surface area is 123 Å². The van der Waals surface area contributed by atoms with Crippen molar-refractivity contribution in [2.45, 2.75) is 25.1 Å². The molecule has 1 fully saturated rings.